The van der Waals surface area contributed by atoms with Gasteiger partial charge < -0.3 is 4.90 Å². The highest BCUT2D eigenvalue weighted by Gasteiger charge is 2.26. The van der Waals surface area contributed by atoms with Crippen LogP contribution in [0, 0.1) is 0 Å². The van der Waals surface area contributed by atoms with Crippen LogP contribution in [0.3, 0.4) is 0 Å². The van der Waals surface area contributed by atoms with Crippen molar-refractivity contribution in [3.05, 3.63) is 72.1 Å². The van der Waals surface area contributed by atoms with Gasteiger partial charge in [-0.25, -0.2) is 9.67 Å². The Labute approximate surface area is 163 Å². The maximum absolute atomic E-state index is 12.7. The topological polar surface area (TPSA) is 51.0 Å². The molecule has 0 radical (unpaired) electrons. The van der Waals surface area contributed by atoms with Crippen LogP contribution in [0.15, 0.2) is 66.1 Å². The van der Waals surface area contributed by atoms with E-state index in [0.29, 0.717) is 10.9 Å². The lowest BCUT2D eigenvalue weighted by atomic mass is 9.87. The minimum Gasteiger partial charge on any atom is -0.338 e. The third kappa shape index (κ3) is 3.90. The molecule has 0 spiro atoms. The van der Waals surface area contributed by atoms with Crippen molar-refractivity contribution < 1.29 is 4.79 Å². The number of hydrogen-bond acceptors (Lipinski definition) is 4. The van der Waals surface area contributed by atoms with Crippen LogP contribution >= 0.6 is 11.8 Å². The highest BCUT2D eigenvalue weighted by atomic mass is 32.2. The van der Waals surface area contributed by atoms with Crippen LogP contribution in [-0.4, -0.2) is 38.4 Å². The summed E-state index contributed by atoms with van der Waals surface area (Å²) < 4.78 is 1.73. The summed E-state index contributed by atoms with van der Waals surface area (Å²) in [6, 6.07) is 18.5. The highest BCUT2D eigenvalue weighted by Crippen LogP contribution is 2.33. The van der Waals surface area contributed by atoms with Crippen LogP contribution in [0.25, 0.3) is 5.69 Å². The van der Waals surface area contributed by atoms with Crippen molar-refractivity contribution in [2.45, 2.75) is 30.5 Å². The second-order valence-electron chi connectivity index (χ2n) is 6.71. The molecular formula is C21H22N4OS. The van der Waals surface area contributed by atoms with E-state index in [-0.39, 0.29) is 11.9 Å². The lowest BCUT2D eigenvalue weighted by molar-refractivity contribution is -0.129. The molecule has 0 N–H and O–H groups in total. The first kappa shape index (κ1) is 17.8. The van der Waals surface area contributed by atoms with E-state index in [1.807, 2.05) is 42.3 Å². The van der Waals surface area contributed by atoms with Crippen molar-refractivity contribution in [2.75, 3.05) is 12.8 Å². The number of hydrogen-bond donors (Lipinski definition) is 0. The number of carbonyl (C=O) groups excluding carboxylic acids is 1. The molecule has 5 nitrogen and oxygen atoms in total. The fraction of sp³-hybridized carbons (Fsp3) is 0.286. The molecule has 1 heterocycles. The summed E-state index contributed by atoms with van der Waals surface area (Å²) in [5, 5.41) is 5.07. The van der Waals surface area contributed by atoms with Gasteiger partial charge in [0.2, 0.25) is 11.1 Å². The summed E-state index contributed by atoms with van der Waals surface area (Å²) in [6.45, 7) is 0. The minimum atomic E-state index is 0.109. The predicted molar refractivity (Wildman–Crippen MR) is 107 cm³/mol. The van der Waals surface area contributed by atoms with Crippen molar-refractivity contribution in [3.8, 4) is 5.69 Å². The molecule has 0 aliphatic heterocycles. The zero-order valence-electron chi connectivity index (χ0n) is 15.3. The van der Waals surface area contributed by atoms with Crippen molar-refractivity contribution in [3.63, 3.8) is 0 Å². The molecule has 0 saturated heterocycles. The van der Waals surface area contributed by atoms with Gasteiger partial charge in [0.15, 0.2) is 0 Å². The van der Waals surface area contributed by atoms with E-state index in [1.165, 1.54) is 22.9 Å². The van der Waals surface area contributed by atoms with Gasteiger partial charge in [-0.1, -0.05) is 54.2 Å². The van der Waals surface area contributed by atoms with Gasteiger partial charge in [-0.3, -0.25) is 4.79 Å². The molecule has 1 aliphatic carbocycles. The third-order valence-electron chi connectivity index (χ3n) is 5.01. The Morgan fingerprint density at radius 2 is 1.96 bits per heavy atom. The average molecular weight is 379 g/mol. The number of aromatic nitrogens is 3. The molecule has 1 atom stereocenters. The molecule has 0 saturated carbocycles. The summed E-state index contributed by atoms with van der Waals surface area (Å²) in [7, 11) is 1.91. The van der Waals surface area contributed by atoms with E-state index in [4.69, 9.17) is 0 Å². The Morgan fingerprint density at radius 3 is 2.81 bits per heavy atom. The Hall–Kier alpha value is -2.60. The molecule has 138 valence electrons. The molecule has 1 aromatic heterocycles. The van der Waals surface area contributed by atoms with Gasteiger partial charge in [0.05, 0.1) is 17.5 Å². The summed E-state index contributed by atoms with van der Waals surface area (Å²) >= 11 is 1.38. The van der Waals surface area contributed by atoms with Gasteiger partial charge in [0.25, 0.3) is 0 Å². The molecule has 0 bridgehead atoms. The Kier molecular flexibility index (Phi) is 5.25. The van der Waals surface area contributed by atoms with Crippen molar-refractivity contribution >= 4 is 17.7 Å². The smallest absolute Gasteiger partial charge is 0.233 e. The van der Waals surface area contributed by atoms with Gasteiger partial charge in [-0.2, -0.15) is 0 Å². The first-order valence-corrected chi connectivity index (χ1v) is 10.1. The van der Waals surface area contributed by atoms with E-state index >= 15 is 0 Å². The van der Waals surface area contributed by atoms with Gasteiger partial charge in [0, 0.05) is 7.05 Å². The first-order chi connectivity index (χ1) is 13.2. The van der Waals surface area contributed by atoms with Crippen LogP contribution in [0.1, 0.15) is 30.0 Å². The molecule has 0 fully saturated rings. The van der Waals surface area contributed by atoms with Crippen molar-refractivity contribution in [1.82, 2.24) is 19.7 Å². The van der Waals surface area contributed by atoms with Gasteiger partial charge in [-0.05, 0) is 42.5 Å². The molecule has 1 amide bonds. The largest absolute Gasteiger partial charge is 0.338 e. The van der Waals surface area contributed by atoms with E-state index in [2.05, 4.69) is 34.3 Å². The summed E-state index contributed by atoms with van der Waals surface area (Å²) in [6.07, 6.45) is 4.92. The molecule has 3 aromatic rings. The van der Waals surface area contributed by atoms with Crippen LogP contribution in [0.2, 0.25) is 0 Å². The van der Waals surface area contributed by atoms with Crippen LogP contribution in [-0.2, 0) is 11.2 Å². The van der Waals surface area contributed by atoms with E-state index in [1.54, 1.807) is 11.0 Å². The summed E-state index contributed by atoms with van der Waals surface area (Å²) in [5.74, 6) is 0.450. The summed E-state index contributed by atoms with van der Waals surface area (Å²) in [4.78, 5) is 18.9. The Balaban J connectivity index is 1.39. The van der Waals surface area contributed by atoms with Gasteiger partial charge in [0.1, 0.15) is 6.33 Å². The molecule has 6 heteroatoms. The minimum absolute atomic E-state index is 0.109. The Morgan fingerprint density at radius 1 is 1.19 bits per heavy atom. The van der Waals surface area contributed by atoms with E-state index in [0.717, 1.165) is 24.9 Å². The number of amides is 1. The number of aryl methyl sites for hydroxylation is 1. The highest BCUT2D eigenvalue weighted by molar-refractivity contribution is 7.99. The number of thioether (sulfide) groups is 1. The van der Waals surface area contributed by atoms with Crippen molar-refractivity contribution in [2.24, 2.45) is 0 Å². The van der Waals surface area contributed by atoms with Gasteiger partial charge in [-0.15, -0.1) is 5.10 Å². The molecule has 4 rings (SSSR count). The standard InChI is InChI=1S/C21H22N4OS/c1-24(19-13-7-9-16-8-5-6-12-18(16)19)20(26)14-27-21-22-15-25(23-21)17-10-3-2-4-11-17/h2-6,8,10-12,15,19H,7,9,13-14H2,1H3. The lowest BCUT2D eigenvalue weighted by Gasteiger charge is -2.33. The maximum atomic E-state index is 12.7. The van der Waals surface area contributed by atoms with Crippen LogP contribution in [0.4, 0.5) is 0 Å². The average Bonchev–Trinajstić information content (AvgIpc) is 3.21. The van der Waals surface area contributed by atoms with Crippen LogP contribution < -0.4 is 0 Å². The second-order valence-corrected chi connectivity index (χ2v) is 7.65. The van der Waals surface area contributed by atoms with E-state index < -0.39 is 0 Å². The predicted octanol–water partition coefficient (Wildman–Crippen LogP) is 3.90. The third-order valence-corrected chi connectivity index (χ3v) is 5.85. The quantitative estimate of drug-likeness (QED) is 0.632. The zero-order chi connectivity index (χ0) is 18.6. The lowest BCUT2D eigenvalue weighted by Crippen LogP contribution is -2.34. The maximum Gasteiger partial charge on any atom is 0.233 e. The fourth-order valence-corrected chi connectivity index (χ4v) is 4.28. The molecule has 2 aromatic carbocycles. The Bertz CT molecular complexity index is 925. The summed E-state index contributed by atoms with van der Waals surface area (Å²) in [5.41, 5.74) is 3.61. The van der Waals surface area contributed by atoms with Gasteiger partial charge >= 0.3 is 0 Å². The normalized spacial score (nSPS) is 16.0. The molecule has 1 aliphatic rings. The number of rotatable bonds is 5. The molecule has 1 unspecified atom stereocenters. The monoisotopic (exact) mass is 378 g/mol. The van der Waals surface area contributed by atoms with Crippen LogP contribution in [0.5, 0.6) is 0 Å². The number of nitrogens with zero attached hydrogens (tertiary/aromatic N) is 4. The van der Waals surface area contributed by atoms with E-state index in [9.17, 15) is 4.79 Å². The second kappa shape index (κ2) is 7.96. The van der Waals surface area contributed by atoms with Crippen molar-refractivity contribution in [1.29, 1.82) is 0 Å². The number of carbonyl (C=O) groups is 1. The number of para-hydroxylation sites is 1. The zero-order valence-corrected chi connectivity index (χ0v) is 16.1. The molecular weight excluding hydrogens is 356 g/mol. The molecule has 27 heavy (non-hydrogen) atoms. The first-order valence-electron chi connectivity index (χ1n) is 9.16. The number of fused-ring (bicyclic) bond motifs is 1. The number of benzene rings is 2. The SMILES string of the molecule is CN(C(=O)CSc1ncn(-c2ccccc2)n1)C1CCCc2ccccc21. The fourth-order valence-electron chi connectivity index (χ4n) is 3.55.